The minimum absolute atomic E-state index is 0.230. The first-order chi connectivity index (χ1) is 8.05. The van der Waals surface area contributed by atoms with E-state index in [-0.39, 0.29) is 5.02 Å². The van der Waals surface area contributed by atoms with Gasteiger partial charge in [0.15, 0.2) is 11.1 Å². The van der Waals surface area contributed by atoms with Crippen LogP contribution < -0.4 is 4.72 Å². The van der Waals surface area contributed by atoms with E-state index in [0.29, 0.717) is 0 Å². The molecule has 104 valence electrons. The van der Waals surface area contributed by atoms with Crippen LogP contribution in [0.5, 0.6) is 0 Å². The molecule has 18 heavy (non-hydrogen) atoms. The van der Waals surface area contributed by atoms with E-state index in [1.807, 2.05) is 0 Å². The number of aliphatic hydroxyl groups excluding tert-OH is 1. The van der Waals surface area contributed by atoms with Gasteiger partial charge >= 0.3 is 6.18 Å². The Labute approximate surface area is 105 Å². The zero-order valence-corrected chi connectivity index (χ0v) is 10.5. The maximum atomic E-state index is 12.0. The van der Waals surface area contributed by atoms with E-state index in [1.165, 1.54) is 7.05 Å². The van der Waals surface area contributed by atoms with Gasteiger partial charge in [0.25, 0.3) is 10.0 Å². The van der Waals surface area contributed by atoms with Crippen LogP contribution >= 0.6 is 11.6 Å². The Kier molecular flexibility index (Phi) is 4.26. The summed E-state index contributed by atoms with van der Waals surface area (Å²) in [7, 11) is -3.01. The van der Waals surface area contributed by atoms with Crippen molar-refractivity contribution in [2.45, 2.75) is 17.3 Å². The number of alkyl halides is 3. The molecule has 1 aromatic heterocycles. The van der Waals surface area contributed by atoms with Crippen LogP contribution in [0.25, 0.3) is 0 Å². The number of aryl methyl sites for hydroxylation is 1. The van der Waals surface area contributed by atoms with Gasteiger partial charge in [0, 0.05) is 13.6 Å². The van der Waals surface area contributed by atoms with Gasteiger partial charge in [0.2, 0.25) is 0 Å². The van der Waals surface area contributed by atoms with Crippen LogP contribution in [0.2, 0.25) is 5.02 Å². The molecule has 0 saturated heterocycles. The van der Waals surface area contributed by atoms with Gasteiger partial charge in [-0.2, -0.15) is 18.3 Å². The number of rotatable bonds is 4. The fourth-order valence-electron chi connectivity index (χ4n) is 1.07. The first-order valence-corrected chi connectivity index (χ1v) is 6.34. The van der Waals surface area contributed by atoms with Gasteiger partial charge in [-0.3, -0.25) is 4.68 Å². The third-order valence-corrected chi connectivity index (χ3v) is 3.87. The van der Waals surface area contributed by atoms with Crippen LogP contribution in [-0.4, -0.2) is 42.1 Å². The van der Waals surface area contributed by atoms with Crippen molar-refractivity contribution in [1.82, 2.24) is 14.5 Å². The van der Waals surface area contributed by atoms with Crippen molar-refractivity contribution in [2.24, 2.45) is 7.05 Å². The second kappa shape index (κ2) is 5.03. The first-order valence-electron chi connectivity index (χ1n) is 4.47. The molecule has 1 rings (SSSR count). The standard InChI is InChI=1S/C7H9ClF3N3O3S/c1-14-6(4(8)2-12-14)18(16,17)13-3-5(15)7(9,10)11/h2,5,13,15H,3H2,1H3. The summed E-state index contributed by atoms with van der Waals surface area (Å²) in [6, 6.07) is 0. The zero-order valence-electron chi connectivity index (χ0n) is 8.94. The van der Waals surface area contributed by atoms with Crippen molar-refractivity contribution in [1.29, 1.82) is 0 Å². The van der Waals surface area contributed by atoms with Gasteiger partial charge in [0.1, 0.15) is 0 Å². The maximum absolute atomic E-state index is 12.0. The number of hydrogen-bond donors (Lipinski definition) is 2. The first kappa shape index (κ1) is 15.2. The van der Waals surface area contributed by atoms with Crippen molar-refractivity contribution < 1.29 is 26.7 Å². The fourth-order valence-corrected chi connectivity index (χ4v) is 2.76. The summed E-state index contributed by atoms with van der Waals surface area (Å²) < 4.78 is 61.8. The van der Waals surface area contributed by atoms with E-state index in [4.69, 9.17) is 16.7 Å². The molecular formula is C7H9ClF3N3O3S. The highest BCUT2D eigenvalue weighted by molar-refractivity contribution is 7.89. The molecule has 0 aromatic carbocycles. The molecule has 0 bridgehead atoms. The number of aromatic nitrogens is 2. The number of halogens is 4. The second-order valence-corrected chi connectivity index (χ2v) is 5.42. The molecule has 0 radical (unpaired) electrons. The smallest absolute Gasteiger partial charge is 0.382 e. The largest absolute Gasteiger partial charge is 0.415 e. The minimum Gasteiger partial charge on any atom is -0.382 e. The lowest BCUT2D eigenvalue weighted by molar-refractivity contribution is -0.200. The molecule has 2 N–H and O–H groups in total. The molecule has 0 fully saturated rings. The van der Waals surface area contributed by atoms with Crippen LogP contribution in [0.3, 0.4) is 0 Å². The number of nitrogens with one attached hydrogen (secondary N) is 1. The highest BCUT2D eigenvalue weighted by Crippen LogP contribution is 2.22. The topological polar surface area (TPSA) is 84.2 Å². The molecule has 0 aliphatic heterocycles. The lowest BCUT2D eigenvalue weighted by Crippen LogP contribution is -2.41. The van der Waals surface area contributed by atoms with Gasteiger partial charge in [-0.05, 0) is 0 Å². The van der Waals surface area contributed by atoms with Crippen molar-refractivity contribution in [3.8, 4) is 0 Å². The minimum atomic E-state index is -4.90. The Hall–Kier alpha value is -0.840. The number of hydrogen-bond acceptors (Lipinski definition) is 4. The highest BCUT2D eigenvalue weighted by atomic mass is 35.5. The summed E-state index contributed by atoms with van der Waals surface area (Å²) in [6.45, 7) is -1.20. The number of sulfonamides is 1. The number of aliphatic hydroxyl groups is 1. The average molecular weight is 308 g/mol. The fraction of sp³-hybridized carbons (Fsp3) is 0.571. The van der Waals surface area contributed by atoms with E-state index in [1.54, 1.807) is 4.72 Å². The summed E-state index contributed by atoms with van der Waals surface area (Å²) in [5.74, 6) is 0. The molecule has 1 atom stereocenters. The summed E-state index contributed by atoms with van der Waals surface area (Å²) in [5.41, 5.74) is 0. The maximum Gasteiger partial charge on any atom is 0.415 e. The molecule has 1 unspecified atom stereocenters. The summed E-state index contributed by atoms with van der Waals surface area (Å²) in [6.07, 6.45) is -6.66. The lowest BCUT2D eigenvalue weighted by atomic mass is 10.4. The van der Waals surface area contributed by atoms with Gasteiger partial charge in [-0.25, -0.2) is 13.1 Å². The van der Waals surface area contributed by atoms with E-state index in [2.05, 4.69) is 5.10 Å². The van der Waals surface area contributed by atoms with Crippen molar-refractivity contribution in [3.63, 3.8) is 0 Å². The normalized spacial score (nSPS) is 14.8. The average Bonchev–Trinajstić information content (AvgIpc) is 2.54. The van der Waals surface area contributed by atoms with Gasteiger partial charge < -0.3 is 5.11 Å². The highest BCUT2D eigenvalue weighted by Gasteiger charge is 2.39. The van der Waals surface area contributed by atoms with Crippen LogP contribution in [-0.2, 0) is 17.1 Å². The summed E-state index contributed by atoms with van der Waals surface area (Å²) in [5, 5.41) is 11.5. The third kappa shape index (κ3) is 3.34. The van der Waals surface area contributed by atoms with Crippen molar-refractivity contribution in [3.05, 3.63) is 11.2 Å². The molecule has 0 amide bonds. The SMILES string of the molecule is Cn1ncc(Cl)c1S(=O)(=O)NCC(O)C(F)(F)F. The Balaban J connectivity index is 2.85. The second-order valence-electron chi connectivity index (χ2n) is 3.33. The molecule has 0 aliphatic rings. The molecule has 0 aliphatic carbocycles. The van der Waals surface area contributed by atoms with Crippen LogP contribution in [0.4, 0.5) is 13.2 Å². The Morgan fingerprint density at radius 3 is 2.56 bits per heavy atom. The Morgan fingerprint density at radius 2 is 2.17 bits per heavy atom. The monoisotopic (exact) mass is 307 g/mol. The van der Waals surface area contributed by atoms with E-state index >= 15 is 0 Å². The van der Waals surface area contributed by atoms with Crippen molar-refractivity contribution >= 4 is 21.6 Å². The predicted molar refractivity (Wildman–Crippen MR) is 55.5 cm³/mol. The molecule has 1 aromatic rings. The molecule has 11 heteroatoms. The van der Waals surface area contributed by atoms with Crippen LogP contribution in [0, 0.1) is 0 Å². The van der Waals surface area contributed by atoms with E-state index < -0.39 is 33.9 Å². The van der Waals surface area contributed by atoms with Gasteiger partial charge in [-0.1, -0.05) is 11.6 Å². The third-order valence-electron chi connectivity index (χ3n) is 1.94. The number of nitrogens with zero attached hydrogens (tertiary/aromatic N) is 2. The quantitative estimate of drug-likeness (QED) is 0.836. The van der Waals surface area contributed by atoms with Crippen LogP contribution in [0.15, 0.2) is 11.2 Å². The predicted octanol–water partition coefficient (Wildman–Crippen LogP) is 0.275. The Morgan fingerprint density at radius 1 is 1.61 bits per heavy atom. The molecule has 6 nitrogen and oxygen atoms in total. The van der Waals surface area contributed by atoms with Gasteiger partial charge in [-0.15, -0.1) is 0 Å². The van der Waals surface area contributed by atoms with Gasteiger partial charge in [0.05, 0.1) is 11.2 Å². The lowest BCUT2D eigenvalue weighted by Gasteiger charge is -2.15. The molecular weight excluding hydrogens is 299 g/mol. The van der Waals surface area contributed by atoms with Crippen molar-refractivity contribution in [2.75, 3.05) is 6.54 Å². The molecule has 1 heterocycles. The summed E-state index contributed by atoms with van der Waals surface area (Å²) >= 11 is 5.55. The summed E-state index contributed by atoms with van der Waals surface area (Å²) in [4.78, 5) is 0. The molecule has 0 spiro atoms. The Bertz CT molecular complexity index is 508. The molecule has 0 saturated carbocycles. The van der Waals surface area contributed by atoms with Crippen LogP contribution in [0.1, 0.15) is 0 Å². The zero-order chi connectivity index (χ0) is 14.1. The van der Waals surface area contributed by atoms with E-state index in [0.717, 1.165) is 10.9 Å². The van der Waals surface area contributed by atoms with E-state index in [9.17, 15) is 21.6 Å².